The number of pyridine rings is 1. The Labute approximate surface area is 367 Å². The highest BCUT2D eigenvalue weighted by atomic mass is 16.5. The zero-order chi connectivity index (χ0) is 44.8. The number of ether oxygens (including phenoxy) is 1. The van der Waals surface area contributed by atoms with E-state index < -0.39 is 0 Å². The van der Waals surface area contributed by atoms with Crippen molar-refractivity contribution in [3.63, 3.8) is 0 Å². The van der Waals surface area contributed by atoms with Crippen molar-refractivity contribution >= 4 is 33.2 Å². The fraction of sp³-hybridized carbons (Fsp3) is 0.446. The molecule has 4 aromatic carbocycles. The molecule has 0 fully saturated rings. The summed E-state index contributed by atoms with van der Waals surface area (Å²) in [7, 11) is 0. The first-order valence-corrected chi connectivity index (χ1v) is 22.3. The van der Waals surface area contributed by atoms with Crippen molar-refractivity contribution in [1.82, 2.24) is 9.55 Å². The van der Waals surface area contributed by atoms with Gasteiger partial charge in [-0.2, -0.15) is 0 Å². The minimum Gasteiger partial charge on any atom is -0.457 e. The van der Waals surface area contributed by atoms with Crippen molar-refractivity contribution < 1.29 is 4.74 Å². The minimum atomic E-state index is -0.106. The molecule has 5 heteroatoms. The number of aromatic nitrogens is 2. The maximum Gasteiger partial charge on any atom is 0.137 e. The predicted molar refractivity (Wildman–Crippen MR) is 262 cm³/mol. The van der Waals surface area contributed by atoms with Gasteiger partial charge in [0.1, 0.15) is 17.3 Å². The van der Waals surface area contributed by atoms with Crippen LogP contribution in [0.5, 0.6) is 11.5 Å². The maximum absolute atomic E-state index is 7.01. The summed E-state index contributed by atoms with van der Waals surface area (Å²) in [5, 5.41) is 2.40. The molecule has 0 amide bonds. The van der Waals surface area contributed by atoms with Crippen molar-refractivity contribution in [3.05, 3.63) is 131 Å². The number of rotatable bonds is 5. The molecular formula is C56H72N4O. The molecule has 0 aliphatic carbocycles. The summed E-state index contributed by atoms with van der Waals surface area (Å²) in [5.41, 5.74) is 12.2. The number of anilines is 2. The van der Waals surface area contributed by atoms with Crippen LogP contribution >= 0.6 is 0 Å². The van der Waals surface area contributed by atoms with E-state index in [1.807, 2.05) is 6.20 Å². The highest BCUT2D eigenvalue weighted by molar-refractivity contribution is 6.09. The molecule has 1 aliphatic heterocycles. The number of benzene rings is 4. The molecule has 0 radical (unpaired) electrons. The Balaban J connectivity index is 1.35. The molecule has 7 rings (SSSR count). The number of hydrogen-bond acceptors (Lipinski definition) is 4. The van der Waals surface area contributed by atoms with Crippen molar-refractivity contribution in [2.75, 3.05) is 16.5 Å². The number of fused-ring (bicyclic) bond motifs is 3. The van der Waals surface area contributed by atoms with Gasteiger partial charge >= 0.3 is 0 Å². The third-order valence-electron chi connectivity index (χ3n) is 12.4. The molecule has 0 N–H and O–H groups in total. The van der Waals surface area contributed by atoms with Gasteiger partial charge in [0.25, 0.3) is 0 Å². The third-order valence-corrected chi connectivity index (χ3v) is 12.4. The molecule has 0 atom stereocenters. The SMILES string of the molecule is CC(C)(C)C1=CN(c2cc(C(C)(C)C)cc(C(C)(C)C)c2)CN1c1cc(Oc2ccc3c4cc(C(C)(C)C)ccc4n(-c4cc(C(C)(C)C)ccn4)c3c2)cc(C(C)(C)C)c1. The second-order valence-corrected chi connectivity index (χ2v) is 23.8. The molecule has 6 aromatic rings. The molecule has 0 bridgehead atoms. The van der Waals surface area contributed by atoms with Crippen LogP contribution in [-0.2, 0) is 27.1 Å². The molecule has 3 heterocycles. The van der Waals surface area contributed by atoms with Gasteiger partial charge in [-0.05, 0) is 116 Å². The van der Waals surface area contributed by atoms with Crippen LogP contribution < -0.4 is 14.5 Å². The van der Waals surface area contributed by atoms with Gasteiger partial charge in [0.2, 0.25) is 0 Å². The first-order valence-electron chi connectivity index (χ1n) is 22.3. The van der Waals surface area contributed by atoms with Crippen molar-refractivity contribution in [2.45, 2.75) is 152 Å². The summed E-state index contributed by atoms with van der Waals surface area (Å²) in [6.45, 7) is 42.0. The Hall–Kier alpha value is -5.03. The largest absolute Gasteiger partial charge is 0.457 e. The van der Waals surface area contributed by atoms with E-state index >= 15 is 0 Å². The average Bonchev–Trinajstić information content (AvgIpc) is 3.73. The van der Waals surface area contributed by atoms with Crippen molar-refractivity contribution in [3.8, 4) is 17.3 Å². The van der Waals surface area contributed by atoms with E-state index in [2.05, 4.69) is 230 Å². The maximum atomic E-state index is 7.01. The lowest BCUT2D eigenvalue weighted by Gasteiger charge is -2.32. The zero-order valence-electron chi connectivity index (χ0n) is 40.6. The van der Waals surface area contributed by atoms with E-state index in [0.29, 0.717) is 6.67 Å². The highest BCUT2D eigenvalue weighted by Gasteiger charge is 2.34. The van der Waals surface area contributed by atoms with E-state index in [-0.39, 0.29) is 32.5 Å². The van der Waals surface area contributed by atoms with Crippen LogP contribution in [0.4, 0.5) is 11.4 Å². The normalized spacial score (nSPS) is 14.7. The lowest BCUT2D eigenvalue weighted by Crippen LogP contribution is -2.31. The Bertz CT molecular complexity index is 2620. The topological polar surface area (TPSA) is 33.5 Å². The van der Waals surface area contributed by atoms with Crippen LogP contribution in [0, 0.1) is 5.41 Å². The van der Waals surface area contributed by atoms with E-state index in [4.69, 9.17) is 9.72 Å². The number of allylic oxidation sites excluding steroid dienone is 1. The molecule has 0 saturated carbocycles. The van der Waals surface area contributed by atoms with E-state index in [1.54, 1.807) is 0 Å². The van der Waals surface area contributed by atoms with Crippen LogP contribution in [0.2, 0.25) is 0 Å². The fourth-order valence-corrected chi connectivity index (χ4v) is 8.26. The average molecular weight is 817 g/mol. The lowest BCUT2D eigenvalue weighted by atomic mass is 9.80. The van der Waals surface area contributed by atoms with Gasteiger partial charge in [-0.15, -0.1) is 0 Å². The molecule has 61 heavy (non-hydrogen) atoms. The van der Waals surface area contributed by atoms with Gasteiger partial charge in [-0.25, -0.2) is 4.98 Å². The molecule has 1 aliphatic rings. The Morgan fingerprint density at radius 2 is 1.00 bits per heavy atom. The first-order chi connectivity index (χ1) is 28.0. The first kappa shape index (κ1) is 44.0. The zero-order valence-corrected chi connectivity index (χ0v) is 40.6. The van der Waals surface area contributed by atoms with Crippen molar-refractivity contribution in [1.29, 1.82) is 0 Å². The molecule has 322 valence electrons. The van der Waals surface area contributed by atoms with Crippen LogP contribution in [0.25, 0.3) is 27.6 Å². The number of nitrogens with zero attached hydrogens (tertiary/aromatic N) is 4. The Kier molecular flexibility index (Phi) is 10.7. The third kappa shape index (κ3) is 8.99. The van der Waals surface area contributed by atoms with E-state index in [1.165, 1.54) is 50.0 Å². The van der Waals surface area contributed by atoms with E-state index in [0.717, 1.165) is 34.0 Å². The second kappa shape index (κ2) is 14.8. The molecule has 0 unspecified atom stereocenters. The summed E-state index contributed by atoms with van der Waals surface area (Å²) < 4.78 is 9.33. The summed E-state index contributed by atoms with van der Waals surface area (Å²) >= 11 is 0. The van der Waals surface area contributed by atoms with Gasteiger partial charge in [-0.3, -0.25) is 4.57 Å². The summed E-state index contributed by atoms with van der Waals surface area (Å²) in [6.07, 6.45) is 4.32. The molecule has 0 spiro atoms. The molecule has 5 nitrogen and oxygen atoms in total. The fourth-order valence-electron chi connectivity index (χ4n) is 8.26. The summed E-state index contributed by atoms with van der Waals surface area (Å²) in [5.74, 6) is 2.52. The number of hydrogen-bond donors (Lipinski definition) is 0. The molecule has 2 aromatic heterocycles. The van der Waals surface area contributed by atoms with Crippen LogP contribution in [0.1, 0.15) is 152 Å². The van der Waals surface area contributed by atoms with Gasteiger partial charge in [0.05, 0.1) is 17.7 Å². The standard InChI is InChI=1S/C56H72N4O/c1-51(2,3)36-19-22-47-46(30-36)45-21-20-43(33-48(45)60(47)50-31-37(23-24-57-50)52(4,5)6)61-44-29-40(55(13,14)15)28-42(32-44)59-35-58(34-49(59)56(16,17)18)41-26-38(53(7,8)9)25-39(27-41)54(10,11)12/h19-34H,35H2,1-18H3. The predicted octanol–water partition coefficient (Wildman–Crippen LogP) is 15.6. The minimum absolute atomic E-state index is 0.0137. The van der Waals surface area contributed by atoms with Gasteiger partial charge in [-0.1, -0.05) is 137 Å². The Morgan fingerprint density at radius 3 is 1.57 bits per heavy atom. The Morgan fingerprint density at radius 1 is 0.443 bits per heavy atom. The smallest absolute Gasteiger partial charge is 0.137 e. The van der Waals surface area contributed by atoms with Crippen LogP contribution in [0.3, 0.4) is 0 Å². The van der Waals surface area contributed by atoms with Crippen LogP contribution in [-0.4, -0.2) is 16.2 Å². The molecule has 0 saturated heterocycles. The quantitative estimate of drug-likeness (QED) is 0.174. The summed E-state index contributed by atoms with van der Waals surface area (Å²) in [6, 6.07) is 31.9. The monoisotopic (exact) mass is 817 g/mol. The van der Waals surface area contributed by atoms with Gasteiger partial charge in [0, 0.05) is 57.8 Å². The highest BCUT2D eigenvalue weighted by Crippen LogP contribution is 2.44. The second-order valence-electron chi connectivity index (χ2n) is 23.8. The van der Waals surface area contributed by atoms with Crippen molar-refractivity contribution in [2.24, 2.45) is 5.41 Å². The van der Waals surface area contributed by atoms with Crippen LogP contribution in [0.15, 0.2) is 103 Å². The lowest BCUT2D eigenvalue weighted by molar-refractivity contribution is 0.477. The molecular weight excluding hydrogens is 745 g/mol. The summed E-state index contributed by atoms with van der Waals surface area (Å²) in [4.78, 5) is 9.90. The van der Waals surface area contributed by atoms with Gasteiger partial charge in [0.15, 0.2) is 0 Å². The van der Waals surface area contributed by atoms with E-state index in [9.17, 15) is 0 Å². The van der Waals surface area contributed by atoms with Gasteiger partial charge < -0.3 is 14.5 Å².